The summed E-state index contributed by atoms with van der Waals surface area (Å²) in [7, 11) is 0. The third-order valence-corrected chi connectivity index (χ3v) is 6.45. The molecule has 2 aliphatic heterocycles. The van der Waals surface area contributed by atoms with E-state index in [0.717, 1.165) is 0 Å². The Morgan fingerprint density at radius 2 is 1.44 bits per heavy atom. The van der Waals surface area contributed by atoms with Gasteiger partial charge >= 0.3 is 0 Å². The number of hydrogen-bond acceptors (Lipinski definition) is 14. The number of ether oxygens (including phenoxy) is 4. The highest BCUT2D eigenvalue weighted by molar-refractivity contribution is 5.72. The fraction of sp³-hybridized carbons (Fsp3) is 0.947. The van der Waals surface area contributed by atoms with E-state index in [0.29, 0.717) is 0 Å². The van der Waals surface area contributed by atoms with Gasteiger partial charge in [-0.3, -0.25) is 4.79 Å². The molecular weight excluding hydrogens is 460 g/mol. The van der Waals surface area contributed by atoms with Crippen LogP contribution in [0.1, 0.15) is 13.3 Å². The van der Waals surface area contributed by atoms with E-state index >= 15 is 0 Å². The van der Waals surface area contributed by atoms with Gasteiger partial charge in [0.15, 0.2) is 12.6 Å². The SMILES string of the molecule is CC(=O)NC[C@H]1O[C@@H](OC2C(O)[C@H](N)CC(N)[C@H]2O[C@H]2OC(CO)[C@@H](O)C(O)C2N)C(O)C1O. The molecule has 3 aliphatic rings. The number of amides is 1. The molecule has 13 N–H and O–H groups in total. The van der Waals surface area contributed by atoms with Crippen molar-refractivity contribution >= 4 is 5.91 Å². The number of nitrogens with two attached hydrogens (primary N) is 3. The van der Waals surface area contributed by atoms with Crippen LogP contribution in [0, 0.1) is 0 Å². The van der Waals surface area contributed by atoms with E-state index < -0.39 is 92.2 Å². The van der Waals surface area contributed by atoms with Crippen LogP contribution in [0.2, 0.25) is 0 Å². The predicted molar refractivity (Wildman–Crippen MR) is 111 cm³/mol. The minimum Gasteiger partial charge on any atom is -0.394 e. The van der Waals surface area contributed by atoms with Crippen molar-refractivity contribution in [3.8, 4) is 0 Å². The quantitative estimate of drug-likeness (QED) is 0.157. The van der Waals surface area contributed by atoms with E-state index in [4.69, 9.17) is 36.1 Å². The van der Waals surface area contributed by atoms with Crippen molar-refractivity contribution in [2.75, 3.05) is 13.2 Å². The molecule has 15 nitrogen and oxygen atoms in total. The lowest BCUT2D eigenvalue weighted by atomic mass is 9.84. The molecule has 34 heavy (non-hydrogen) atoms. The zero-order valence-corrected chi connectivity index (χ0v) is 18.7. The van der Waals surface area contributed by atoms with Gasteiger partial charge in [0.1, 0.15) is 48.8 Å². The molecule has 15 heteroatoms. The predicted octanol–water partition coefficient (Wildman–Crippen LogP) is -6.47. The maximum Gasteiger partial charge on any atom is 0.216 e. The van der Waals surface area contributed by atoms with Crippen molar-refractivity contribution in [3.63, 3.8) is 0 Å². The van der Waals surface area contributed by atoms with Crippen molar-refractivity contribution in [1.82, 2.24) is 5.32 Å². The average Bonchev–Trinajstić information content (AvgIpc) is 3.05. The number of nitrogens with one attached hydrogen (secondary N) is 1. The van der Waals surface area contributed by atoms with Crippen LogP contribution >= 0.6 is 0 Å². The second-order valence-electron chi connectivity index (χ2n) is 9.00. The molecular formula is C19H36N4O11. The van der Waals surface area contributed by atoms with Crippen molar-refractivity contribution < 1.29 is 54.4 Å². The van der Waals surface area contributed by atoms with Gasteiger partial charge in [0.05, 0.1) is 18.8 Å². The number of rotatable bonds is 7. The first-order valence-corrected chi connectivity index (χ1v) is 11.1. The molecule has 0 aromatic carbocycles. The maximum absolute atomic E-state index is 11.2. The lowest BCUT2D eigenvalue weighted by molar-refractivity contribution is -0.310. The summed E-state index contributed by atoms with van der Waals surface area (Å²) >= 11 is 0. The molecule has 0 spiro atoms. The third kappa shape index (κ3) is 5.67. The Bertz CT molecular complexity index is 691. The van der Waals surface area contributed by atoms with Crippen molar-refractivity contribution in [1.29, 1.82) is 0 Å². The summed E-state index contributed by atoms with van der Waals surface area (Å²) < 4.78 is 22.7. The smallest absolute Gasteiger partial charge is 0.216 e. The molecule has 8 unspecified atom stereocenters. The summed E-state index contributed by atoms with van der Waals surface area (Å²) in [5, 5.41) is 63.4. The maximum atomic E-state index is 11.2. The van der Waals surface area contributed by atoms with Gasteiger partial charge in [0.25, 0.3) is 0 Å². The average molecular weight is 497 g/mol. The number of carbonyl (C=O) groups is 1. The molecule has 1 amide bonds. The summed E-state index contributed by atoms with van der Waals surface area (Å²) in [6.07, 6.45) is -14.4. The van der Waals surface area contributed by atoms with Crippen LogP contribution in [0.5, 0.6) is 0 Å². The number of aliphatic hydroxyl groups excluding tert-OH is 6. The van der Waals surface area contributed by atoms with Gasteiger partial charge in [-0.05, 0) is 6.42 Å². The van der Waals surface area contributed by atoms with E-state index in [2.05, 4.69) is 5.32 Å². The van der Waals surface area contributed by atoms with Crippen LogP contribution in [-0.2, 0) is 23.7 Å². The topological polar surface area (TPSA) is 265 Å². The molecule has 3 rings (SSSR count). The van der Waals surface area contributed by atoms with Crippen LogP contribution in [0.15, 0.2) is 0 Å². The minimum absolute atomic E-state index is 0.0902. The van der Waals surface area contributed by atoms with E-state index in [1.807, 2.05) is 0 Å². The van der Waals surface area contributed by atoms with Crippen molar-refractivity contribution in [2.24, 2.45) is 17.2 Å². The molecule has 3 fully saturated rings. The van der Waals surface area contributed by atoms with Crippen molar-refractivity contribution in [3.05, 3.63) is 0 Å². The number of aliphatic hydroxyl groups is 6. The van der Waals surface area contributed by atoms with Crippen LogP contribution in [-0.4, -0.2) is 135 Å². The lowest BCUT2D eigenvalue weighted by Crippen LogP contribution is -2.68. The monoisotopic (exact) mass is 496 g/mol. The molecule has 0 aromatic heterocycles. The van der Waals surface area contributed by atoms with Crippen LogP contribution in [0.25, 0.3) is 0 Å². The highest BCUT2D eigenvalue weighted by Crippen LogP contribution is 2.32. The molecule has 2 heterocycles. The van der Waals surface area contributed by atoms with E-state index in [-0.39, 0.29) is 18.9 Å². The Morgan fingerprint density at radius 1 is 0.853 bits per heavy atom. The molecule has 0 aromatic rings. The normalized spacial score (nSPS) is 49.7. The number of carbonyl (C=O) groups excluding carboxylic acids is 1. The van der Waals surface area contributed by atoms with Gasteiger partial charge in [0.2, 0.25) is 5.91 Å². The fourth-order valence-electron chi connectivity index (χ4n) is 4.38. The van der Waals surface area contributed by atoms with Gasteiger partial charge in [0, 0.05) is 25.6 Å². The molecule has 1 saturated carbocycles. The Hall–Kier alpha value is -1.05. The van der Waals surface area contributed by atoms with Crippen LogP contribution in [0.4, 0.5) is 0 Å². The van der Waals surface area contributed by atoms with Crippen LogP contribution < -0.4 is 22.5 Å². The van der Waals surface area contributed by atoms with Crippen molar-refractivity contribution in [2.45, 2.75) is 99.0 Å². The van der Waals surface area contributed by atoms with Gasteiger partial charge in [-0.1, -0.05) is 0 Å². The first-order valence-electron chi connectivity index (χ1n) is 11.1. The molecule has 0 radical (unpaired) electrons. The third-order valence-electron chi connectivity index (χ3n) is 6.45. The highest BCUT2D eigenvalue weighted by Gasteiger charge is 2.52. The van der Waals surface area contributed by atoms with Gasteiger partial charge in [-0.15, -0.1) is 0 Å². The number of hydrogen-bond donors (Lipinski definition) is 10. The first kappa shape index (κ1) is 27.5. The molecule has 14 atom stereocenters. The van der Waals surface area contributed by atoms with Gasteiger partial charge in [-0.25, -0.2) is 0 Å². The summed E-state index contributed by atoms with van der Waals surface area (Å²) in [6, 6.07) is -2.86. The van der Waals surface area contributed by atoms with E-state index in [1.165, 1.54) is 6.92 Å². The van der Waals surface area contributed by atoms with E-state index in [9.17, 15) is 35.4 Å². The molecule has 198 valence electrons. The zero-order chi connectivity index (χ0) is 25.3. The Balaban J connectivity index is 1.75. The second-order valence-corrected chi connectivity index (χ2v) is 9.00. The second kappa shape index (κ2) is 11.3. The Morgan fingerprint density at radius 3 is 2.06 bits per heavy atom. The molecule has 1 aliphatic carbocycles. The first-order chi connectivity index (χ1) is 16.0. The highest BCUT2D eigenvalue weighted by atomic mass is 16.7. The molecule has 0 bridgehead atoms. The summed E-state index contributed by atoms with van der Waals surface area (Å²) in [5.41, 5.74) is 18.1. The summed E-state index contributed by atoms with van der Waals surface area (Å²) in [6.45, 7) is 0.571. The molecule has 2 saturated heterocycles. The van der Waals surface area contributed by atoms with Crippen LogP contribution in [0.3, 0.4) is 0 Å². The Kier molecular flexibility index (Phi) is 9.18. The standard InChI is InChI=1S/C19H36N4O11/c1-5(25)23-3-8-12(27)15(30)19(31-8)34-17-11(26)6(20)2-7(21)16(17)33-18-10(22)14(29)13(28)9(4-24)32-18/h6-19,24,26-30H,2-4,20-22H2,1H3,(H,23,25)/t6-,7?,8-,9?,10?,11?,12?,13-,14?,15?,16-,17?,18-,19+/m1/s1. The summed E-state index contributed by atoms with van der Waals surface area (Å²) in [4.78, 5) is 11.2. The lowest BCUT2D eigenvalue weighted by Gasteiger charge is -2.47. The van der Waals surface area contributed by atoms with Gasteiger partial charge in [-0.2, -0.15) is 0 Å². The van der Waals surface area contributed by atoms with E-state index in [1.54, 1.807) is 0 Å². The summed E-state index contributed by atoms with van der Waals surface area (Å²) in [5.74, 6) is -0.361. The largest absolute Gasteiger partial charge is 0.394 e. The zero-order valence-electron chi connectivity index (χ0n) is 18.7. The van der Waals surface area contributed by atoms with Gasteiger partial charge < -0.3 is 72.1 Å². The minimum atomic E-state index is -1.52. The fourth-order valence-corrected chi connectivity index (χ4v) is 4.38. The Labute approximate surface area is 195 Å².